The van der Waals surface area contributed by atoms with Crippen LogP contribution in [0.3, 0.4) is 0 Å². The van der Waals surface area contributed by atoms with Crippen LogP contribution in [0.15, 0.2) is 72.9 Å². The lowest BCUT2D eigenvalue weighted by atomic mass is 10.1. The number of nitrogens with two attached hydrogens (primary N) is 1. The molecule has 0 aromatic rings. The third kappa shape index (κ3) is 42.0. The summed E-state index contributed by atoms with van der Waals surface area (Å²) in [5, 5.41) is 18.4. The quantitative estimate of drug-likeness (QED) is 0.0149. The van der Waals surface area contributed by atoms with Crippen LogP contribution in [0, 0.1) is 0 Å². The summed E-state index contributed by atoms with van der Waals surface area (Å²) in [6.45, 7) is 2.40. The van der Waals surface area contributed by atoms with Gasteiger partial charge in [-0.3, -0.25) is 23.4 Å². The molecule has 0 saturated carbocycles. The van der Waals surface area contributed by atoms with Crippen molar-refractivity contribution >= 4 is 25.7 Å². The summed E-state index contributed by atoms with van der Waals surface area (Å²) in [5.74, 6) is -2.49. The smallest absolute Gasteiger partial charge is 0.472 e. The third-order valence-electron chi connectivity index (χ3n) is 9.60. The highest BCUT2D eigenvalue weighted by Crippen LogP contribution is 2.43. The van der Waals surface area contributed by atoms with Crippen molar-refractivity contribution < 1.29 is 52.6 Å². The average molecular weight is 880 g/mol. The summed E-state index contributed by atoms with van der Waals surface area (Å²) < 4.78 is 32.7. The molecule has 13 heteroatoms. The zero-order valence-corrected chi connectivity index (χ0v) is 38.5. The van der Waals surface area contributed by atoms with Crippen LogP contribution in [-0.2, 0) is 37.5 Å². The Morgan fingerprint density at radius 2 is 1.07 bits per heavy atom. The van der Waals surface area contributed by atoms with Crippen molar-refractivity contribution in [2.75, 3.05) is 19.8 Å². The summed E-state index contributed by atoms with van der Waals surface area (Å²) in [6, 6.07) is -1.54. The summed E-state index contributed by atoms with van der Waals surface area (Å²) in [7, 11) is -4.75. The number of carbonyl (C=O) groups excluding carboxylic acids is 2. The molecule has 0 aromatic carbocycles. The number of ether oxygens (including phenoxy) is 2. The number of aliphatic carboxylic acids is 1. The summed E-state index contributed by atoms with van der Waals surface area (Å²) in [4.78, 5) is 46.0. The fourth-order valence-electron chi connectivity index (χ4n) is 5.81. The number of carboxylic acid groups (broad SMARTS) is 1. The molecule has 0 aliphatic heterocycles. The molecule has 0 spiro atoms. The van der Waals surface area contributed by atoms with E-state index in [2.05, 4.69) is 47.9 Å². The Morgan fingerprint density at radius 3 is 1.64 bits per heavy atom. The molecule has 0 aliphatic rings. The van der Waals surface area contributed by atoms with Gasteiger partial charge in [0.25, 0.3) is 0 Å². The van der Waals surface area contributed by atoms with Gasteiger partial charge in [0.05, 0.1) is 19.3 Å². The van der Waals surface area contributed by atoms with Crippen LogP contribution >= 0.6 is 7.82 Å². The van der Waals surface area contributed by atoms with Crippen molar-refractivity contribution in [1.82, 2.24) is 0 Å². The zero-order chi connectivity index (χ0) is 45.1. The van der Waals surface area contributed by atoms with Crippen molar-refractivity contribution in [3.05, 3.63) is 72.9 Å². The highest BCUT2D eigenvalue weighted by atomic mass is 31.2. The molecule has 350 valence electrons. The second-order valence-corrected chi connectivity index (χ2v) is 16.8. The van der Waals surface area contributed by atoms with E-state index in [0.717, 1.165) is 38.5 Å². The molecule has 0 radical (unpaired) electrons. The molecular weight excluding hydrogens is 797 g/mol. The van der Waals surface area contributed by atoms with Gasteiger partial charge in [-0.05, 0) is 70.6 Å². The number of hydrogen-bond donors (Lipinski definition) is 4. The van der Waals surface area contributed by atoms with Gasteiger partial charge in [0.15, 0.2) is 6.10 Å². The Labute approximate surface area is 368 Å². The number of phosphoric ester groups is 1. The molecule has 0 rings (SSSR count). The first kappa shape index (κ1) is 57.9. The van der Waals surface area contributed by atoms with Crippen molar-refractivity contribution in [2.45, 2.75) is 193 Å². The minimum atomic E-state index is -4.75. The van der Waals surface area contributed by atoms with Crippen molar-refractivity contribution in [1.29, 1.82) is 0 Å². The van der Waals surface area contributed by atoms with Crippen LogP contribution in [0.2, 0.25) is 0 Å². The van der Waals surface area contributed by atoms with Gasteiger partial charge in [-0.15, -0.1) is 0 Å². The Morgan fingerprint density at radius 1 is 0.590 bits per heavy atom. The molecule has 0 aliphatic carbocycles. The number of rotatable bonds is 42. The number of hydrogen-bond acceptors (Lipinski definition) is 10. The largest absolute Gasteiger partial charge is 0.480 e. The predicted octanol–water partition coefficient (Wildman–Crippen LogP) is 11.5. The molecular formula is C48H82NO11P. The van der Waals surface area contributed by atoms with Gasteiger partial charge in [0.1, 0.15) is 12.6 Å². The van der Waals surface area contributed by atoms with Gasteiger partial charge in [0.2, 0.25) is 0 Å². The van der Waals surface area contributed by atoms with Crippen LogP contribution in [0.25, 0.3) is 0 Å². The van der Waals surface area contributed by atoms with E-state index >= 15 is 0 Å². The number of aliphatic hydroxyl groups excluding tert-OH is 1. The summed E-state index contributed by atoms with van der Waals surface area (Å²) >= 11 is 0. The normalized spacial score (nSPS) is 14.8. The number of carbonyl (C=O) groups is 3. The maximum Gasteiger partial charge on any atom is 0.472 e. The van der Waals surface area contributed by atoms with Crippen LogP contribution in [-0.4, -0.2) is 71.1 Å². The van der Waals surface area contributed by atoms with Gasteiger partial charge < -0.3 is 30.3 Å². The van der Waals surface area contributed by atoms with E-state index < -0.39 is 57.2 Å². The fourth-order valence-corrected chi connectivity index (χ4v) is 6.59. The second-order valence-electron chi connectivity index (χ2n) is 15.4. The van der Waals surface area contributed by atoms with Gasteiger partial charge in [0, 0.05) is 12.8 Å². The van der Waals surface area contributed by atoms with Crippen LogP contribution in [0.4, 0.5) is 0 Å². The average Bonchev–Trinajstić information content (AvgIpc) is 3.24. The highest BCUT2D eigenvalue weighted by molar-refractivity contribution is 7.47. The van der Waals surface area contributed by atoms with Gasteiger partial charge in [-0.2, -0.15) is 0 Å². The van der Waals surface area contributed by atoms with Crippen LogP contribution < -0.4 is 5.73 Å². The van der Waals surface area contributed by atoms with E-state index in [1.54, 1.807) is 6.08 Å². The standard InChI is InChI=1S/C48H82NO11P/c1-3-5-6-7-8-9-10-11-12-13-14-15-16-20-23-26-29-32-35-38-46(51)57-40-44(41-58-61(55,56)59-42-45(49)48(53)54)60-47(52)39-36-33-30-27-24-21-18-17-19-22-25-28-31-34-37-43(50)4-2/h11-12,18-19,21-22,27-28,30-31,34,37,43-45,50H,3-10,13-17,20,23-26,29,32-33,35-36,38-42,49H2,1-2H3,(H,53,54)(H,55,56)/b12-11-,21-18-,22-19-,30-27-,31-28-,37-34+/t43-,44-,45+/m1/s1. The molecule has 12 nitrogen and oxygen atoms in total. The van der Waals surface area contributed by atoms with E-state index in [4.69, 9.17) is 24.8 Å². The van der Waals surface area contributed by atoms with E-state index in [1.807, 2.05) is 37.3 Å². The first-order valence-electron chi connectivity index (χ1n) is 23.1. The molecule has 61 heavy (non-hydrogen) atoms. The molecule has 1 unspecified atom stereocenters. The van der Waals surface area contributed by atoms with Crippen molar-refractivity contribution in [3.63, 3.8) is 0 Å². The summed E-state index contributed by atoms with van der Waals surface area (Å²) in [6.07, 6.45) is 47.8. The molecule has 0 aromatic heterocycles. The lowest BCUT2D eigenvalue weighted by Gasteiger charge is -2.20. The SMILES string of the molecule is CCCCCCCC/C=C\CCCCCCCCCCCC(=O)OC[C@H](COP(=O)(O)OC[C@H](N)C(=O)O)OC(=O)CCC/C=C\C/C=C\C/C=C\C/C=C\C=C\[C@H](O)CC. The Balaban J connectivity index is 4.43. The second kappa shape index (κ2) is 42.2. The third-order valence-corrected chi connectivity index (χ3v) is 10.5. The number of allylic oxidation sites excluding steroid dienone is 11. The molecule has 5 N–H and O–H groups in total. The molecule has 0 bridgehead atoms. The fraction of sp³-hybridized carbons (Fsp3) is 0.688. The highest BCUT2D eigenvalue weighted by Gasteiger charge is 2.28. The predicted molar refractivity (Wildman–Crippen MR) is 246 cm³/mol. The topological polar surface area (TPSA) is 192 Å². The monoisotopic (exact) mass is 880 g/mol. The number of unbranched alkanes of at least 4 members (excludes halogenated alkanes) is 16. The number of phosphoric acid groups is 1. The summed E-state index contributed by atoms with van der Waals surface area (Å²) in [5.41, 5.74) is 5.33. The van der Waals surface area contributed by atoms with Gasteiger partial charge in [-0.25, -0.2) is 4.57 Å². The molecule has 4 atom stereocenters. The van der Waals surface area contributed by atoms with Gasteiger partial charge in [-0.1, -0.05) is 164 Å². The van der Waals surface area contributed by atoms with E-state index in [0.29, 0.717) is 25.7 Å². The Kier molecular flexibility index (Phi) is 40.0. The van der Waals surface area contributed by atoms with E-state index in [-0.39, 0.29) is 19.4 Å². The van der Waals surface area contributed by atoms with E-state index in [1.165, 1.54) is 83.5 Å². The number of aliphatic hydroxyl groups is 1. The Hall–Kier alpha value is -3.12. The molecule has 0 amide bonds. The first-order chi connectivity index (χ1) is 29.5. The Bertz CT molecular complexity index is 1330. The van der Waals surface area contributed by atoms with Gasteiger partial charge >= 0.3 is 25.7 Å². The van der Waals surface area contributed by atoms with Crippen molar-refractivity contribution in [2.24, 2.45) is 5.73 Å². The lowest BCUT2D eigenvalue weighted by molar-refractivity contribution is -0.161. The van der Waals surface area contributed by atoms with Crippen LogP contribution in [0.1, 0.15) is 174 Å². The van der Waals surface area contributed by atoms with Crippen molar-refractivity contribution in [3.8, 4) is 0 Å². The molecule has 0 saturated heterocycles. The maximum atomic E-state index is 12.6. The first-order valence-corrected chi connectivity index (χ1v) is 24.6. The van der Waals surface area contributed by atoms with E-state index in [9.17, 15) is 28.9 Å². The zero-order valence-electron chi connectivity index (χ0n) is 37.6. The maximum absolute atomic E-state index is 12.6. The lowest BCUT2D eigenvalue weighted by Crippen LogP contribution is -2.34. The minimum Gasteiger partial charge on any atom is -0.480 e. The van der Waals surface area contributed by atoms with Crippen LogP contribution in [0.5, 0.6) is 0 Å². The minimum absolute atomic E-state index is 0.0658. The number of esters is 2. The number of carboxylic acids is 1. The molecule has 0 fully saturated rings. The molecule has 0 heterocycles.